The van der Waals surface area contributed by atoms with Crippen molar-refractivity contribution in [2.75, 3.05) is 40.1 Å². The summed E-state index contributed by atoms with van der Waals surface area (Å²) in [5.74, 6) is 0.700. The lowest BCUT2D eigenvalue weighted by Crippen LogP contribution is -2.12. The summed E-state index contributed by atoms with van der Waals surface area (Å²) in [6.07, 6.45) is 6.77. The highest BCUT2D eigenvalue weighted by Crippen LogP contribution is 2.39. The Balaban J connectivity index is 1.53. The largest absolute Gasteiger partial charge is 0.382 e. The lowest BCUT2D eigenvalue weighted by molar-refractivity contribution is 0.0230. The molecule has 1 aromatic heterocycles. The van der Waals surface area contributed by atoms with E-state index in [9.17, 15) is 0 Å². The molecule has 0 spiro atoms. The molecule has 1 aliphatic rings. The second kappa shape index (κ2) is 8.42. The van der Waals surface area contributed by atoms with E-state index in [0.29, 0.717) is 39.0 Å². The van der Waals surface area contributed by atoms with Gasteiger partial charge in [-0.2, -0.15) is 0 Å². The number of methoxy groups -OCH3 is 1. The fourth-order valence-corrected chi connectivity index (χ4v) is 2.16. The summed E-state index contributed by atoms with van der Waals surface area (Å²) in [7, 11) is 1.67. The smallest absolute Gasteiger partial charge is 0.0701 e. The van der Waals surface area contributed by atoms with Crippen molar-refractivity contribution in [3.63, 3.8) is 0 Å². The van der Waals surface area contributed by atoms with Crippen LogP contribution >= 0.6 is 0 Å². The van der Waals surface area contributed by atoms with Crippen molar-refractivity contribution in [1.82, 2.24) is 4.57 Å². The zero-order chi connectivity index (χ0) is 14.2. The van der Waals surface area contributed by atoms with Crippen LogP contribution in [0.5, 0.6) is 0 Å². The topological polar surface area (TPSA) is 58.6 Å². The molecule has 1 aromatic rings. The standard InChI is InChI=1S/C15H26N2O3/c1-18-8-9-20-11-10-19-7-6-17-5-4-14(12-17)15(16)13-2-3-13/h4-5,12-13,15H,2-3,6-11,16H2,1H3. The summed E-state index contributed by atoms with van der Waals surface area (Å²) in [6.45, 7) is 4.05. The Morgan fingerprint density at radius 3 is 2.60 bits per heavy atom. The predicted octanol–water partition coefficient (Wildman–Crippen LogP) is 1.58. The maximum Gasteiger partial charge on any atom is 0.0701 e. The van der Waals surface area contributed by atoms with Crippen molar-refractivity contribution in [2.45, 2.75) is 25.4 Å². The molecule has 2 rings (SSSR count). The number of rotatable bonds is 11. The third-order valence-corrected chi connectivity index (χ3v) is 3.59. The van der Waals surface area contributed by atoms with Crippen LogP contribution < -0.4 is 5.73 Å². The average molecular weight is 282 g/mol. The molecule has 114 valence electrons. The first-order chi connectivity index (χ1) is 9.81. The predicted molar refractivity (Wildman–Crippen MR) is 77.6 cm³/mol. The maximum absolute atomic E-state index is 6.18. The lowest BCUT2D eigenvalue weighted by atomic mass is 10.1. The maximum atomic E-state index is 6.18. The molecule has 0 aromatic carbocycles. The zero-order valence-corrected chi connectivity index (χ0v) is 12.3. The van der Waals surface area contributed by atoms with Crippen molar-refractivity contribution in [3.8, 4) is 0 Å². The van der Waals surface area contributed by atoms with Crippen LogP contribution in [0.3, 0.4) is 0 Å². The van der Waals surface area contributed by atoms with Gasteiger partial charge in [0.05, 0.1) is 33.0 Å². The van der Waals surface area contributed by atoms with Crippen LogP contribution in [0.4, 0.5) is 0 Å². The molecule has 0 bridgehead atoms. The molecule has 0 amide bonds. The lowest BCUT2D eigenvalue weighted by Gasteiger charge is -2.08. The van der Waals surface area contributed by atoms with E-state index in [1.165, 1.54) is 18.4 Å². The minimum Gasteiger partial charge on any atom is -0.382 e. The van der Waals surface area contributed by atoms with E-state index in [2.05, 4.69) is 23.0 Å². The van der Waals surface area contributed by atoms with Crippen molar-refractivity contribution < 1.29 is 14.2 Å². The third-order valence-electron chi connectivity index (χ3n) is 3.59. The molecule has 1 saturated carbocycles. The van der Waals surface area contributed by atoms with Crippen LogP contribution in [-0.2, 0) is 20.8 Å². The average Bonchev–Trinajstić information content (AvgIpc) is 3.20. The first kappa shape index (κ1) is 15.5. The van der Waals surface area contributed by atoms with E-state index in [4.69, 9.17) is 19.9 Å². The Labute approximate surface area is 121 Å². The molecule has 0 aliphatic heterocycles. The number of nitrogens with zero attached hydrogens (tertiary/aromatic N) is 1. The number of ether oxygens (including phenoxy) is 3. The van der Waals surface area contributed by atoms with E-state index in [1.54, 1.807) is 7.11 Å². The molecule has 5 heteroatoms. The molecule has 20 heavy (non-hydrogen) atoms. The normalized spacial score (nSPS) is 16.5. The Morgan fingerprint density at radius 1 is 1.20 bits per heavy atom. The molecule has 2 N–H and O–H groups in total. The number of nitrogens with two attached hydrogens (primary N) is 1. The molecular formula is C15H26N2O3. The van der Waals surface area contributed by atoms with E-state index in [1.807, 2.05) is 0 Å². The van der Waals surface area contributed by atoms with Gasteiger partial charge in [-0.1, -0.05) is 0 Å². The highest BCUT2D eigenvalue weighted by molar-refractivity contribution is 5.17. The molecule has 0 radical (unpaired) electrons. The quantitative estimate of drug-likeness (QED) is 0.626. The second-order valence-electron chi connectivity index (χ2n) is 5.26. The highest BCUT2D eigenvalue weighted by Gasteiger charge is 2.29. The van der Waals surface area contributed by atoms with Crippen LogP contribution in [0, 0.1) is 5.92 Å². The van der Waals surface area contributed by atoms with Gasteiger partial charge in [0.1, 0.15) is 0 Å². The molecule has 1 heterocycles. The van der Waals surface area contributed by atoms with Crippen molar-refractivity contribution >= 4 is 0 Å². The summed E-state index contributed by atoms with van der Waals surface area (Å²) >= 11 is 0. The number of hydrogen-bond acceptors (Lipinski definition) is 4. The van der Waals surface area contributed by atoms with Crippen molar-refractivity contribution in [1.29, 1.82) is 0 Å². The fraction of sp³-hybridized carbons (Fsp3) is 0.733. The summed E-state index contributed by atoms with van der Waals surface area (Å²) in [6, 6.07) is 2.34. The minimum atomic E-state index is 0.214. The summed E-state index contributed by atoms with van der Waals surface area (Å²) in [5.41, 5.74) is 7.42. The van der Waals surface area contributed by atoms with Gasteiger partial charge < -0.3 is 24.5 Å². The Morgan fingerprint density at radius 2 is 1.90 bits per heavy atom. The van der Waals surface area contributed by atoms with Gasteiger partial charge in [0.25, 0.3) is 0 Å². The highest BCUT2D eigenvalue weighted by atomic mass is 16.5. The van der Waals surface area contributed by atoms with Crippen LogP contribution in [0.2, 0.25) is 0 Å². The first-order valence-electron chi connectivity index (χ1n) is 7.37. The van der Waals surface area contributed by atoms with E-state index >= 15 is 0 Å². The third kappa shape index (κ3) is 5.25. The van der Waals surface area contributed by atoms with Gasteiger partial charge in [0, 0.05) is 32.1 Å². The minimum absolute atomic E-state index is 0.214. The summed E-state index contributed by atoms with van der Waals surface area (Å²) < 4.78 is 17.9. The number of hydrogen-bond donors (Lipinski definition) is 1. The van der Waals surface area contributed by atoms with Crippen molar-refractivity contribution in [2.24, 2.45) is 11.7 Å². The molecule has 0 saturated heterocycles. The Kier molecular flexibility index (Phi) is 6.53. The van der Waals surface area contributed by atoms with E-state index in [0.717, 1.165) is 6.54 Å². The van der Waals surface area contributed by atoms with Gasteiger partial charge in [-0.05, 0) is 30.4 Å². The van der Waals surface area contributed by atoms with Gasteiger partial charge in [-0.3, -0.25) is 0 Å². The number of aromatic nitrogens is 1. The Bertz CT molecular complexity index is 377. The van der Waals surface area contributed by atoms with Gasteiger partial charge >= 0.3 is 0 Å². The molecule has 5 nitrogen and oxygen atoms in total. The Hall–Kier alpha value is -0.880. The van der Waals surface area contributed by atoms with Gasteiger partial charge in [0.2, 0.25) is 0 Å². The zero-order valence-electron chi connectivity index (χ0n) is 12.3. The molecule has 1 atom stereocenters. The van der Waals surface area contributed by atoms with Gasteiger partial charge in [-0.15, -0.1) is 0 Å². The van der Waals surface area contributed by atoms with E-state index < -0.39 is 0 Å². The summed E-state index contributed by atoms with van der Waals surface area (Å²) in [4.78, 5) is 0. The van der Waals surface area contributed by atoms with Crippen LogP contribution in [0.25, 0.3) is 0 Å². The summed E-state index contributed by atoms with van der Waals surface area (Å²) in [5, 5.41) is 0. The van der Waals surface area contributed by atoms with Crippen LogP contribution in [0.1, 0.15) is 24.4 Å². The molecule has 1 fully saturated rings. The van der Waals surface area contributed by atoms with Crippen LogP contribution in [0.15, 0.2) is 18.5 Å². The van der Waals surface area contributed by atoms with E-state index in [-0.39, 0.29) is 6.04 Å². The SMILES string of the molecule is COCCOCCOCCn1ccc(C(N)C2CC2)c1. The van der Waals surface area contributed by atoms with Gasteiger partial charge in [0.15, 0.2) is 0 Å². The first-order valence-corrected chi connectivity index (χ1v) is 7.37. The molecular weight excluding hydrogens is 256 g/mol. The monoisotopic (exact) mass is 282 g/mol. The molecule has 1 aliphatic carbocycles. The molecule has 1 unspecified atom stereocenters. The second-order valence-corrected chi connectivity index (χ2v) is 5.26. The fourth-order valence-electron chi connectivity index (χ4n) is 2.16. The van der Waals surface area contributed by atoms with Crippen molar-refractivity contribution in [3.05, 3.63) is 24.0 Å². The van der Waals surface area contributed by atoms with Gasteiger partial charge in [-0.25, -0.2) is 0 Å². The van der Waals surface area contributed by atoms with Crippen LogP contribution in [-0.4, -0.2) is 44.7 Å².